The van der Waals surface area contributed by atoms with Gasteiger partial charge in [0.1, 0.15) is 6.10 Å². The van der Waals surface area contributed by atoms with Gasteiger partial charge in [0.05, 0.1) is 12.1 Å². The topological polar surface area (TPSA) is 157 Å². The number of nitrogens with two attached hydrogens (primary N) is 1. The number of aromatic amines is 1. The average Bonchev–Trinajstić information content (AvgIpc) is 2.55. The summed E-state index contributed by atoms with van der Waals surface area (Å²) in [4.78, 5) is 20.5. The number of rotatable bonds is 3. The van der Waals surface area contributed by atoms with E-state index in [1.54, 1.807) is 0 Å². The molecule has 1 aliphatic carbocycles. The number of nitrogen functional groups attached to an aromatic ring is 1. The normalized spacial score (nSPS) is 31.5. The Kier molecular flexibility index (Phi) is 3.45. The van der Waals surface area contributed by atoms with Gasteiger partial charge in [-0.25, -0.2) is 4.79 Å². The van der Waals surface area contributed by atoms with Gasteiger partial charge in [0, 0.05) is 12.5 Å². The van der Waals surface area contributed by atoms with Crippen LogP contribution in [0.2, 0.25) is 0 Å². The minimum Gasteiger partial charge on any atom is -0.396 e. The van der Waals surface area contributed by atoms with E-state index in [2.05, 4.69) is 20.3 Å². The molecule has 0 saturated heterocycles. The Morgan fingerprint density at radius 3 is 2.67 bits per heavy atom. The summed E-state index contributed by atoms with van der Waals surface area (Å²) in [6.45, 7) is -0.227. The number of aliphatic hydroxyl groups is 3. The standard InChI is InChI=1S/C9H15N5O4/c10-7-12-8(14-9(18)13-7)11-4-1-3(2-15)5(16)6(4)17/h3-6,15-17H,1-2H2,(H4,10,11,12,13,14,18)/t3-,4-,5-,6+/m1/s1. The molecule has 1 saturated carbocycles. The van der Waals surface area contributed by atoms with Gasteiger partial charge >= 0.3 is 5.69 Å². The second-order valence-corrected chi connectivity index (χ2v) is 4.27. The van der Waals surface area contributed by atoms with E-state index in [4.69, 9.17) is 10.8 Å². The quantitative estimate of drug-likeness (QED) is 0.340. The molecule has 0 aromatic carbocycles. The zero-order chi connectivity index (χ0) is 13.3. The van der Waals surface area contributed by atoms with E-state index in [0.29, 0.717) is 6.42 Å². The molecule has 0 unspecified atom stereocenters. The fourth-order valence-electron chi connectivity index (χ4n) is 2.08. The van der Waals surface area contributed by atoms with Crippen molar-refractivity contribution in [2.75, 3.05) is 17.7 Å². The number of anilines is 2. The number of hydrogen-bond acceptors (Lipinski definition) is 8. The molecule has 9 heteroatoms. The van der Waals surface area contributed by atoms with Crippen LogP contribution in [0, 0.1) is 5.92 Å². The van der Waals surface area contributed by atoms with Gasteiger partial charge in [-0.05, 0) is 6.42 Å². The van der Waals surface area contributed by atoms with Crippen LogP contribution in [0.5, 0.6) is 0 Å². The van der Waals surface area contributed by atoms with E-state index in [-0.39, 0.29) is 18.5 Å². The highest BCUT2D eigenvalue weighted by atomic mass is 16.3. The summed E-state index contributed by atoms with van der Waals surface area (Å²) in [5.74, 6) is -0.535. The molecular formula is C9H15N5O4. The molecule has 9 nitrogen and oxygen atoms in total. The van der Waals surface area contributed by atoms with Gasteiger partial charge in [-0.1, -0.05) is 0 Å². The molecule has 1 heterocycles. The maximum Gasteiger partial charge on any atom is 0.350 e. The van der Waals surface area contributed by atoms with E-state index in [1.165, 1.54) is 0 Å². The lowest BCUT2D eigenvalue weighted by molar-refractivity contribution is 0.00443. The molecule has 1 aromatic rings. The Balaban J connectivity index is 2.12. The number of hydrogen-bond donors (Lipinski definition) is 6. The van der Waals surface area contributed by atoms with Crippen LogP contribution in [0.25, 0.3) is 0 Å². The molecule has 2 rings (SSSR count). The minimum atomic E-state index is -1.06. The lowest BCUT2D eigenvalue weighted by atomic mass is 10.1. The molecule has 1 aromatic heterocycles. The minimum absolute atomic E-state index is 0.0221. The largest absolute Gasteiger partial charge is 0.396 e. The van der Waals surface area contributed by atoms with Gasteiger partial charge < -0.3 is 26.4 Å². The molecule has 0 bridgehead atoms. The van der Waals surface area contributed by atoms with Gasteiger partial charge in [-0.15, -0.1) is 0 Å². The van der Waals surface area contributed by atoms with E-state index in [1.807, 2.05) is 0 Å². The molecule has 4 atom stereocenters. The average molecular weight is 257 g/mol. The first kappa shape index (κ1) is 12.7. The molecule has 18 heavy (non-hydrogen) atoms. The van der Waals surface area contributed by atoms with E-state index >= 15 is 0 Å². The zero-order valence-corrected chi connectivity index (χ0v) is 9.45. The smallest absolute Gasteiger partial charge is 0.350 e. The van der Waals surface area contributed by atoms with Crippen LogP contribution in [0.3, 0.4) is 0 Å². The molecule has 0 spiro atoms. The fourth-order valence-corrected chi connectivity index (χ4v) is 2.08. The predicted molar refractivity (Wildman–Crippen MR) is 61.7 cm³/mol. The maximum atomic E-state index is 11.1. The Morgan fingerprint density at radius 2 is 2.11 bits per heavy atom. The lowest BCUT2D eigenvalue weighted by Crippen LogP contribution is -2.36. The van der Waals surface area contributed by atoms with Crippen molar-refractivity contribution < 1.29 is 15.3 Å². The van der Waals surface area contributed by atoms with Crippen molar-refractivity contribution in [1.82, 2.24) is 15.0 Å². The van der Waals surface area contributed by atoms with Crippen LogP contribution in [0.4, 0.5) is 11.9 Å². The SMILES string of the molecule is Nc1nc(N[C@@H]2C[C@H](CO)[C@@H](O)[C@H]2O)nc(=O)[nH]1. The Labute approximate surface area is 102 Å². The van der Waals surface area contributed by atoms with Crippen LogP contribution >= 0.6 is 0 Å². The molecule has 0 aliphatic heterocycles. The third-order valence-corrected chi connectivity index (χ3v) is 3.02. The highest BCUT2D eigenvalue weighted by molar-refractivity contribution is 5.31. The van der Waals surface area contributed by atoms with Crippen LogP contribution in [-0.4, -0.2) is 55.1 Å². The zero-order valence-electron chi connectivity index (χ0n) is 9.45. The molecular weight excluding hydrogens is 242 g/mol. The summed E-state index contributed by atoms with van der Waals surface area (Å²) < 4.78 is 0. The molecule has 7 N–H and O–H groups in total. The van der Waals surface area contributed by atoms with Crippen LogP contribution < -0.4 is 16.7 Å². The van der Waals surface area contributed by atoms with Gasteiger partial charge in [0.15, 0.2) is 0 Å². The van der Waals surface area contributed by atoms with E-state index in [9.17, 15) is 15.0 Å². The number of aromatic nitrogens is 3. The van der Waals surface area contributed by atoms with Crippen molar-refractivity contribution in [3.8, 4) is 0 Å². The van der Waals surface area contributed by atoms with Crippen molar-refractivity contribution in [1.29, 1.82) is 0 Å². The molecule has 1 fully saturated rings. The summed E-state index contributed by atoms with van der Waals surface area (Å²) in [6.07, 6.45) is -1.74. The maximum absolute atomic E-state index is 11.1. The third kappa shape index (κ3) is 2.42. The highest BCUT2D eigenvalue weighted by Crippen LogP contribution is 2.27. The number of H-pyrrole nitrogens is 1. The summed E-state index contributed by atoms with van der Waals surface area (Å²) in [5.41, 5.74) is 4.69. The Hall–Kier alpha value is -1.71. The molecule has 100 valence electrons. The van der Waals surface area contributed by atoms with Gasteiger partial charge in [0.25, 0.3) is 0 Å². The summed E-state index contributed by atoms with van der Waals surface area (Å²) in [6, 6.07) is -0.543. The van der Waals surface area contributed by atoms with E-state index in [0.717, 1.165) is 0 Å². The predicted octanol–water partition coefficient (Wildman–Crippen LogP) is -2.74. The second kappa shape index (κ2) is 4.88. The number of aliphatic hydroxyl groups excluding tert-OH is 3. The molecule has 0 amide bonds. The van der Waals surface area contributed by atoms with Crippen LogP contribution in [-0.2, 0) is 0 Å². The van der Waals surface area contributed by atoms with Gasteiger partial charge in [-0.2, -0.15) is 9.97 Å². The number of nitrogens with one attached hydrogen (secondary N) is 2. The highest BCUT2D eigenvalue weighted by Gasteiger charge is 2.41. The van der Waals surface area contributed by atoms with Gasteiger partial charge in [0.2, 0.25) is 11.9 Å². The van der Waals surface area contributed by atoms with Crippen LogP contribution in [0.1, 0.15) is 6.42 Å². The van der Waals surface area contributed by atoms with Crippen molar-refractivity contribution in [2.24, 2.45) is 5.92 Å². The number of nitrogens with zero attached hydrogens (tertiary/aromatic N) is 2. The summed E-state index contributed by atoms with van der Waals surface area (Å²) >= 11 is 0. The second-order valence-electron chi connectivity index (χ2n) is 4.27. The summed E-state index contributed by atoms with van der Waals surface area (Å²) in [5, 5.41) is 31.1. The van der Waals surface area contributed by atoms with E-state index < -0.39 is 29.9 Å². The van der Waals surface area contributed by atoms with Gasteiger partial charge in [-0.3, -0.25) is 4.98 Å². The Morgan fingerprint density at radius 1 is 1.39 bits per heavy atom. The lowest BCUT2D eigenvalue weighted by Gasteiger charge is -2.17. The first-order valence-corrected chi connectivity index (χ1v) is 5.48. The van der Waals surface area contributed by atoms with Crippen LogP contribution in [0.15, 0.2) is 4.79 Å². The first-order chi connectivity index (χ1) is 8.51. The Bertz CT molecular complexity index is 478. The molecule has 1 aliphatic rings. The van der Waals surface area contributed by atoms with Crippen molar-refractivity contribution in [3.63, 3.8) is 0 Å². The van der Waals surface area contributed by atoms with Crippen molar-refractivity contribution in [2.45, 2.75) is 24.7 Å². The third-order valence-electron chi connectivity index (χ3n) is 3.02. The molecule has 0 radical (unpaired) electrons. The fraction of sp³-hybridized carbons (Fsp3) is 0.667. The first-order valence-electron chi connectivity index (χ1n) is 5.48. The monoisotopic (exact) mass is 257 g/mol. The summed E-state index contributed by atoms with van der Waals surface area (Å²) in [7, 11) is 0. The van der Waals surface area contributed by atoms with Crippen molar-refractivity contribution in [3.05, 3.63) is 10.5 Å². The van der Waals surface area contributed by atoms with Crippen molar-refractivity contribution >= 4 is 11.9 Å².